The van der Waals surface area contributed by atoms with Gasteiger partial charge in [0.2, 0.25) is 5.70 Å². The largest absolute Gasteiger partial charge is 0.270 e. The van der Waals surface area contributed by atoms with Crippen LogP contribution < -0.4 is 0 Å². The van der Waals surface area contributed by atoms with Crippen LogP contribution in [-0.4, -0.2) is 0 Å². The minimum absolute atomic E-state index is 0.00326. The van der Waals surface area contributed by atoms with Crippen molar-refractivity contribution in [2.75, 3.05) is 0 Å². The Hall–Kier alpha value is -5.67. The van der Waals surface area contributed by atoms with E-state index in [9.17, 15) is 10.5 Å². The van der Waals surface area contributed by atoms with E-state index in [1.807, 2.05) is 79.7 Å². The second-order valence-electron chi connectivity index (χ2n) is 8.08. The Morgan fingerprint density at radius 1 is 0.686 bits per heavy atom. The summed E-state index contributed by atoms with van der Waals surface area (Å²) in [5, 5.41) is 19.4. The maximum atomic E-state index is 9.72. The van der Waals surface area contributed by atoms with E-state index < -0.39 is 0 Å². The lowest BCUT2D eigenvalue weighted by molar-refractivity contribution is 1.45. The number of benzene rings is 3. The molecule has 5 nitrogen and oxygen atoms in total. The Morgan fingerprint density at radius 2 is 1.29 bits per heavy atom. The molecule has 0 spiro atoms. The highest BCUT2D eigenvalue weighted by Crippen LogP contribution is 2.52. The molecule has 5 heteroatoms. The van der Waals surface area contributed by atoms with Gasteiger partial charge in [0.15, 0.2) is 0 Å². The predicted molar refractivity (Wildman–Crippen MR) is 134 cm³/mol. The van der Waals surface area contributed by atoms with Gasteiger partial charge in [0.25, 0.3) is 11.4 Å². The first-order chi connectivity index (χ1) is 17.1. The Bertz CT molecular complexity index is 1760. The third-order valence-corrected chi connectivity index (χ3v) is 6.27. The molecule has 2 aliphatic carbocycles. The molecule has 0 fully saturated rings. The molecule has 158 valence electrons. The van der Waals surface area contributed by atoms with Gasteiger partial charge < -0.3 is 0 Å². The van der Waals surface area contributed by atoms with E-state index >= 15 is 0 Å². The smallest absolute Gasteiger partial charge is 0.237 e. The Kier molecular flexibility index (Phi) is 4.86. The molecule has 0 amide bonds. The molecule has 0 saturated heterocycles. The number of allylic oxidation sites excluding steroid dienone is 4. The quantitative estimate of drug-likeness (QED) is 0.232. The first-order valence-electron chi connectivity index (χ1n) is 10.6. The summed E-state index contributed by atoms with van der Waals surface area (Å²) < 4.78 is 0. The lowest BCUT2D eigenvalue weighted by atomic mass is 9.92. The highest BCUT2D eigenvalue weighted by atomic mass is 14.7. The average Bonchev–Trinajstić information content (AvgIpc) is 3.38. The summed E-state index contributed by atoms with van der Waals surface area (Å²) >= 11 is 0. The molecule has 0 saturated carbocycles. The molecule has 5 rings (SSSR count). The molecule has 0 heterocycles. The monoisotopic (exact) mass is 443 g/mol. The van der Waals surface area contributed by atoms with Crippen molar-refractivity contribution >= 4 is 22.4 Å². The van der Waals surface area contributed by atoms with E-state index in [0.29, 0.717) is 39.1 Å². The van der Waals surface area contributed by atoms with Crippen LogP contribution in [0.4, 0.5) is 0 Å². The second kappa shape index (κ2) is 8.03. The standard InChI is InChI=1S/C30H13N5/c1-17-9-11-19-20-12-10-18(14-24(20)28(23(19)13-17)25(15-31)33-2)27-29(26(16-32)34-3)21-7-5-6-8-22(21)30(27)35-4/h5-14H,1H3/b28-25+,29-26-. The average molecular weight is 443 g/mol. The lowest BCUT2D eigenvalue weighted by Crippen LogP contribution is -1.92. The topological polar surface area (TPSA) is 60.7 Å². The van der Waals surface area contributed by atoms with Gasteiger partial charge in [-0.15, -0.1) is 0 Å². The molecule has 35 heavy (non-hydrogen) atoms. The number of hydrogen-bond donors (Lipinski definition) is 0. The van der Waals surface area contributed by atoms with Crippen molar-refractivity contribution in [1.82, 2.24) is 0 Å². The molecule has 0 bridgehead atoms. The van der Waals surface area contributed by atoms with Crippen molar-refractivity contribution in [1.29, 1.82) is 10.5 Å². The van der Waals surface area contributed by atoms with Gasteiger partial charge in [-0.3, -0.25) is 0 Å². The maximum absolute atomic E-state index is 9.72. The number of fused-ring (bicyclic) bond motifs is 4. The SMILES string of the molecule is [C-]#[N+]C1=C(c2ccc3c(c2)/C(=C(\C#N)[N+]#[C-])c2cc(C)ccc2-3)/C(=C(/C#N)[N+]#[C-])c2ccccc21. The van der Waals surface area contributed by atoms with E-state index in [4.69, 9.17) is 19.7 Å². The summed E-state index contributed by atoms with van der Waals surface area (Å²) in [6.45, 7) is 25.0. The minimum atomic E-state index is -0.0832. The van der Waals surface area contributed by atoms with Gasteiger partial charge in [-0.25, -0.2) is 25.1 Å². The number of aryl methyl sites for hydroxylation is 1. The van der Waals surface area contributed by atoms with Crippen molar-refractivity contribution < 1.29 is 0 Å². The Labute approximate surface area is 202 Å². The van der Waals surface area contributed by atoms with Crippen molar-refractivity contribution in [3.63, 3.8) is 0 Å². The van der Waals surface area contributed by atoms with Crippen LogP contribution in [-0.2, 0) is 0 Å². The van der Waals surface area contributed by atoms with Gasteiger partial charge in [-0.05, 0) is 63.1 Å². The van der Waals surface area contributed by atoms with Crippen LogP contribution in [0.5, 0.6) is 0 Å². The van der Waals surface area contributed by atoms with Gasteiger partial charge in [0.05, 0.1) is 31.9 Å². The van der Waals surface area contributed by atoms with Gasteiger partial charge in [0.1, 0.15) is 0 Å². The Morgan fingerprint density at radius 3 is 1.91 bits per heavy atom. The molecule has 0 unspecified atom stereocenters. The van der Waals surface area contributed by atoms with E-state index in [2.05, 4.69) is 14.5 Å². The Balaban J connectivity index is 1.86. The number of nitrogens with zero attached hydrogens (tertiary/aromatic N) is 5. The molecular formula is C30H13N5. The zero-order valence-corrected chi connectivity index (χ0v) is 18.5. The van der Waals surface area contributed by atoms with Crippen molar-refractivity contribution in [2.45, 2.75) is 6.92 Å². The fourth-order valence-electron chi connectivity index (χ4n) is 4.85. The number of rotatable bonds is 1. The second-order valence-corrected chi connectivity index (χ2v) is 8.08. The van der Waals surface area contributed by atoms with Crippen LogP contribution >= 0.6 is 0 Å². The van der Waals surface area contributed by atoms with Crippen LogP contribution in [0.25, 0.3) is 48.1 Å². The number of hydrogen-bond acceptors (Lipinski definition) is 2. The van der Waals surface area contributed by atoms with Crippen LogP contribution in [0.15, 0.2) is 72.1 Å². The van der Waals surface area contributed by atoms with Crippen LogP contribution in [0.1, 0.15) is 33.4 Å². The highest BCUT2D eigenvalue weighted by molar-refractivity contribution is 6.24. The molecule has 0 N–H and O–H groups in total. The fourth-order valence-corrected chi connectivity index (χ4v) is 4.85. The fraction of sp³-hybridized carbons (Fsp3) is 0.0333. The van der Waals surface area contributed by atoms with Crippen LogP contribution in [0.3, 0.4) is 0 Å². The summed E-state index contributed by atoms with van der Waals surface area (Å²) in [7, 11) is 0. The van der Waals surface area contributed by atoms with Crippen LogP contribution in [0.2, 0.25) is 0 Å². The highest BCUT2D eigenvalue weighted by Gasteiger charge is 2.32. The number of nitriles is 2. The molecule has 3 aromatic rings. The molecule has 0 radical (unpaired) electrons. The van der Waals surface area contributed by atoms with Crippen molar-refractivity contribution in [2.24, 2.45) is 0 Å². The summed E-state index contributed by atoms with van der Waals surface area (Å²) in [6.07, 6.45) is 0. The third kappa shape index (κ3) is 2.97. The summed E-state index contributed by atoms with van der Waals surface area (Å²) in [5.74, 6) is 0. The first-order valence-corrected chi connectivity index (χ1v) is 10.6. The van der Waals surface area contributed by atoms with E-state index in [1.165, 1.54) is 0 Å². The van der Waals surface area contributed by atoms with Gasteiger partial charge >= 0.3 is 0 Å². The zero-order valence-electron chi connectivity index (χ0n) is 18.5. The zero-order chi connectivity index (χ0) is 24.7. The summed E-state index contributed by atoms with van der Waals surface area (Å²) in [6, 6.07) is 22.9. The van der Waals surface area contributed by atoms with Gasteiger partial charge in [0, 0.05) is 5.57 Å². The van der Waals surface area contributed by atoms with E-state index in [1.54, 1.807) is 0 Å². The van der Waals surface area contributed by atoms with E-state index in [-0.39, 0.29) is 11.4 Å². The lowest BCUT2D eigenvalue weighted by Gasteiger charge is -2.12. The molecule has 2 aliphatic rings. The maximum Gasteiger partial charge on any atom is 0.270 e. The molecule has 0 aromatic heterocycles. The van der Waals surface area contributed by atoms with Crippen molar-refractivity contribution in [3.8, 4) is 23.3 Å². The molecular weight excluding hydrogens is 430 g/mol. The van der Waals surface area contributed by atoms with Gasteiger partial charge in [-0.1, -0.05) is 60.2 Å². The van der Waals surface area contributed by atoms with Gasteiger partial charge in [-0.2, -0.15) is 0 Å². The minimum Gasteiger partial charge on any atom is -0.237 e. The third-order valence-electron chi connectivity index (χ3n) is 6.27. The summed E-state index contributed by atoms with van der Waals surface area (Å²) in [5.41, 5.74) is 8.21. The van der Waals surface area contributed by atoms with Crippen LogP contribution in [0, 0.1) is 49.3 Å². The molecule has 0 aliphatic heterocycles. The molecule has 3 aromatic carbocycles. The first kappa shape index (κ1) is 21.2. The van der Waals surface area contributed by atoms with Crippen molar-refractivity contribution in [3.05, 3.63) is 140 Å². The molecule has 0 atom stereocenters. The normalized spacial score (nSPS) is 15.4. The predicted octanol–water partition coefficient (Wildman–Crippen LogP) is 7.13. The van der Waals surface area contributed by atoms with E-state index in [0.717, 1.165) is 27.8 Å². The summed E-state index contributed by atoms with van der Waals surface area (Å²) in [4.78, 5) is 10.7.